The zero-order valence-corrected chi connectivity index (χ0v) is 11.9. The van der Waals surface area contributed by atoms with Crippen molar-refractivity contribution < 1.29 is 8.78 Å². The Bertz CT molecular complexity index is 423. The van der Waals surface area contributed by atoms with Crippen molar-refractivity contribution in [1.29, 1.82) is 0 Å². The van der Waals surface area contributed by atoms with Gasteiger partial charge in [0.05, 0.1) is 0 Å². The van der Waals surface area contributed by atoms with Crippen LogP contribution in [0.3, 0.4) is 0 Å². The van der Waals surface area contributed by atoms with E-state index in [1.807, 2.05) is 0 Å². The van der Waals surface area contributed by atoms with E-state index in [2.05, 4.69) is 10.2 Å². The van der Waals surface area contributed by atoms with E-state index in [1.165, 1.54) is 0 Å². The van der Waals surface area contributed by atoms with Crippen LogP contribution in [0.2, 0.25) is 10.0 Å². The quantitative estimate of drug-likeness (QED) is 0.914. The van der Waals surface area contributed by atoms with Gasteiger partial charge < -0.3 is 5.32 Å². The first-order valence-electron chi connectivity index (χ1n) is 6.26. The van der Waals surface area contributed by atoms with Crippen LogP contribution in [0.15, 0.2) is 18.2 Å². The summed E-state index contributed by atoms with van der Waals surface area (Å²) in [6.07, 6.45) is -2.56. The second kappa shape index (κ2) is 6.84. The second-order valence-corrected chi connectivity index (χ2v) is 5.44. The van der Waals surface area contributed by atoms with Crippen molar-refractivity contribution in [3.63, 3.8) is 0 Å². The molecule has 0 bridgehead atoms. The maximum Gasteiger partial charge on any atom is 0.240 e. The number of hydrogen-bond donors (Lipinski definition) is 1. The summed E-state index contributed by atoms with van der Waals surface area (Å²) in [5.41, 5.74) is 0.730. The molecule has 2 nitrogen and oxygen atoms in total. The van der Waals surface area contributed by atoms with Crippen LogP contribution in [0.5, 0.6) is 0 Å². The first-order chi connectivity index (χ1) is 9.08. The van der Waals surface area contributed by atoms with E-state index >= 15 is 0 Å². The first kappa shape index (κ1) is 15.0. The maximum atomic E-state index is 12.8. The SMILES string of the molecule is FC(F)C[C@H](c1ccc(Cl)cc1Cl)N1CCNCC1. The van der Waals surface area contributed by atoms with Gasteiger partial charge in [-0.1, -0.05) is 29.3 Å². The predicted molar refractivity (Wildman–Crippen MR) is 74.3 cm³/mol. The molecule has 1 atom stereocenters. The van der Waals surface area contributed by atoms with Crippen molar-refractivity contribution in [1.82, 2.24) is 10.2 Å². The summed E-state index contributed by atoms with van der Waals surface area (Å²) in [4.78, 5) is 2.05. The fourth-order valence-corrected chi connectivity index (χ4v) is 2.94. The van der Waals surface area contributed by atoms with E-state index < -0.39 is 6.43 Å². The largest absolute Gasteiger partial charge is 0.314 e. The highest BCUT2D eigenvalue weighted by Crippen LogP contribution is 2.33. The normalized spacial score (nSPS) is 18.8. The van der Waals surface area contributed by atoms with Gasteiger partial charge in [-0.3, -0.25) is 4.90 Å². The number of halogens is 4. The third-order valence-electron chi connectivity index (χ3n) is 3.32. The molecule has 1 N–H and O–H groups in total. The van der Waals surface area contributed by atoms with Crippen LogP contribution in [-0.4, -0.2) is 37.5 Å². The molecular weight excluding hydrogens is 293 g/mol. The molecule has 1 aliphatic heterocycles. The number of hydrogen-bond acceptors (Lipinski definition) is 2. The van der Waals surface area contributed by atoms with Gasteiger partial charge in [0.2, 0.25) is 6.43 Å². The molecule has 1 aromatic rings. The maximum absolute atomic E-state index is 12.8. The minimum absolute atomic E-state index is 0.207. The Morgan fingerprint density at radius 3 is 2.47 bits per heavy atom. The molecular formula is C13H16Cl2F2N2. The van der Waals surface area contributed by atoms with Gasteiger partial charge in [-0.15, -0.1) is 0 Å². The van der Waals surface area contributed by atoms with Crippen LogP contribution in [0.1, 0.15) is 18.0 Å². The number of benzene rings is 1. The molecule has 0 unspecified atom stereocenters. The first-order valence-corrected chi connectivity index (χ1v) is 7.01. The van der Waals surface area contributed by atoms with Gasteiger partial charge in [-0.2, -0.15) is 0 Å². The summed E-state index contributed by atoms with van der Waals surface area (Å²) in [5.74, 6) is 0. The molecule has 0 radical (unpaired) electrons. The third-order valence-corrected chi connectivity index (χ3v) is 3.88. The standard InChI is InChI=1S/C13H16Cl2F2N2/c14-9-1-2-10(11(15)7-9)12(8-13(16)17)19-5-3-18-4-6-19/h1-2,7,12-13,18H,3-6,8H2/t12-/m1/s1. The van der Waals surface area contributed by atoms with Gasteiger partial charge in [-0.05, 0) is 17.7 Å². The average Bonchev–Trinajstić information content (AvgIpc) is 2.37. The number of nitrogens with one attached hydrogen (secondary N) is 1. The van der Waals surface area contributed by atoms with E-state index in [0.717, 1.165) is 31.7 Å². The molecule has 1 heterocycles. The number of nitrogens with zero attached hydrogens (tertiary/aromatic N) is 1. The lowest BCUT2D eigenvalue weighted by molar-refractivity contribution is 0.0739. The van der Waals surface area contributed by atoms with Gasteiger partial charge in [0.25, 0.3) is 0 Å². The lowest BCUT2D eigenvalue weighted by atomic mass is 10.0. The molecule has 6 heteroatoms. The van der Waals surface area contributed by atoms with Gasteiger partial charge in [0.1, 0.15) is 0 Å². The molecule has 0 spiro atoms. The summed E-state index contributed by atoms with van der Waals surface area (Å²) in [6, 6.07) is 4.70. The zero-order valence-electron chi connectivity index (χ0n) is 10.4. The molecule has 0 amide bonds. The fourth-order valence-electron chi connectivity index (χ4n) is 2.41. The highest BCUT2D eigenvalue weighted by atomic mass is 35.5. The zero-order chi connectivity index (χ0) is 13.8. The Labute approximate surface area is 121 Å². The molecule has 1 fully saturated rings. The van der Waals surface area contributed by atoms with Crippen molar-refractivity contribution >= 4 is 23.2 Å². The minimum atomic E-state index is -2.35. The van der Waals surface area contributed by atoms with Crippen LogP contribution in [-0.2, 0) is 0 Å². The molecule has 1 aromatic carbocycles. The number of piperazine rings is 1. The van der Waals surface area contributed by atoms with Crippen LogP contribution in [0.4, 0.5) is 8.78 Å². The third kappa shape index (κ3) is 4.02. The summed E-state index contributed by atoms with van der Waals surface area (Å²) in [7, 11) is 0. The van der Waals surface area contributed by atoms with E-state index in [-0.39, 0.29) is 12.5 Å². The molecule has 2 rings (SSSR count). The van der Waals surface area contributed by atoms with Gasteiger partial charge >= 0.3 is 0 Å². The van der Waals surface area contributed by atoms with Crippen LogP contribution in [0.25, 0.3) is 0 Å². The molecule has 1 aliphatic rings. The van der Waals surface area contributed by atoms with Gasteiger partial charge in [0.15, 0.2) is 0 Å². The van der Waals surface area contributed by atoms with Crippen LogP contribution in [0, 0.1) is 0 Å². The van der Waals surface area contributed by atoms with E-state index in [4.69, 9.17) is 23.2 Å². The minimum Gasteiger partial charge on any atom is -0.314 e. The number of alkyl halides is 2. The Kier molecular flexibility index (Phi) is 5.39. The van der Waals surface area contributed by atoms with Crippen molar-refractivity contribution in [2.75, 3.05) is 26.2 Å². The van der Waals surface area contributed by atoms with E-state index in [1.54, 1.807) is 18.2 Å². The average molecular weight is 309 g/mol. The van der Waals surface area contributed by atoms with Crippen LogP contribution >= 0.6 is 23.2 Å². The van der Waals surface area contributed by atoms with Crippen molar-refractivity contribution in [2.45, 2.75) is 18.9 Å². The fraction of sp³-hybridized carbons (Fsp3) is 0.538. The van der Waals surface area contributed by atoms with Gasteiger partial charge in [0, 0.05) is 48.7 Å². The molecule has 19 heavy (non-hydrogen) atoms. The number of rotatable bonds is 4. The topological polar surface area (TPSA) is 15.3 Å². The summed E-state index contributed by atoms with van der Waals surface area (Å²) < 4.78 is 25.7. The summed E-state index contributed by atoms with van der Waals surface area (Å²) in [6.45, 7) is 3.11. The highest BCUT2D eigenvalue weighted by Gasteiger charge is 2.26. The predicted octanol–water partition coefficient (Wildman–Crippen LogP) is 3.59. The van der Waals surface area contributed by atoms with Gasteiger partial charge in [-0.25, -0.2) is 8.78 Å². The van der Waals surface area contributed by atoms with Crippen molar-refractivity contribution in [3.05, 3.63) is 33.8 Å². The Hall–Kier alpha value is -0.420. The Balaban J connectivity index is 2.25. The summed E-state index contributed by atoms with van der Waals surface area (Å²) >= 11 is 12.0. The van der Waals surface area contributed by atoms with E-state index in [9.17, 15) is 8.78 Å². The smallest absolute Gasteiger partial charge is 0.240 e. The second-order valence-electron chi connectivity index (χ2n) is 4.59. The monoisotopic (exact) mass is 308 g/mol. The highest BCUT2D eigenvalue weighted by molar-refractivity contribution is 6.35. The molecule has 106 valence electrons. The van der Waals surface area contributed by atoms with Crippen molar-refractivity contribution in [2.24, 2.45) is 0 Å². The van der Waals surface area contributed by atoms with E-state index in [0.29, 0.717) is 10.0 Å². The molecule has 0 aliphatic carbocycles. The molecule has 0 saturated carbocycles. The molecule has 0 aromatic heterocycles. The lowest BCUT2D eigenvalue weighted by Crippen LogP contribution is -2.45. The Morgan fingerprint density at radius 1 is 1.21 bits per heavy atom. The Morgan fingerprint density at radius 2 is 1.89 bits per heavy atom. The molecule has 1 saturated heterocycles. The summed E-state index contributed by atoms with van der Waals surface area (Å²) in [5, 5.41) is 4.19. The van der Waals surface area contributed by atoms with Crippen molar-refractivity contribution in [3.8, 4) is 0 Å². The lowest BCUT2D eigenvalue weighted by Gasteiger charge is -2.35. The van der Waals surface area contributed by atoms with Crippen LogP contribution < -0.4 is 5.32 Å².